The van der Waals surface area contributed by atoms with E-state index in [0.29, 0.717) is 25.1 Å². The number of hydrogen-bond donors (Lipinski definition) is 2. The van der Waals surface area contributed by atoms with Gasteiger partial charge < -0.3 is 14.6 Å². The number of rotatable bonds is 5. The third-order valence-corrected chi connectivity index (χ3v) is 3.33. The Morgan fingerprint density at radius 1 is 1.25 bits per heavy atom. The summed E-state index contributed by atoms with van der Waals surface area (Å²) < 4.78 is 5.14. The number of aliphatic hydroxyl groups excluding tert-OH is 1. The van der Waals surface area contributed by atoms with Crippen LogP contribution >= 0.6 is 0 Å². The number of phenols is 1. The summed E-state index contributed by atoms with van der Waals surface area (Å²) in [6.45, 7) is 3.09. The number of aromatic hydroxyl groups is 1. The summed E-state index contributed by atoms with van der Waals surface area (Å²) in [5.74, 6) is 0.143. The van der Waals surface area contributed by atoms with Crippen LogP contribution in [0.25, 0.3) is 11.0 Å². The van der Waals surface area contributed by atoms with Gasteiger partial charge in [0, 0.05) is 30.6 Å². The van der Waals surface area contributed by atoms with Crippen LogP contribution < -0.4 is 5.63 Å². The van der Waals surface area contributed by atoms with Crippen molar-refractivity contribution in [3.63, 3.8) is 0 Å². The number of benzene rings is 1. The number of hydrogen-bond acceptors (Lipinski definition) is 5. The second-order valence-corrected chi connectivity index (χ2v) is 4.88. The molecule has 20 heavy (non-hydrogen) atoms. The number of fused-ring (bicyclic) bond motifs is 1. The van der Waals surface area contributed by atoms with Gasteiger partial charge in [0.05, 0.1) is 6.61 Å². The highest BCUT2D eigenvalue weighted by atomic mass is 16.4. The molecule has 0 amide bonds. The number of phenolic OH excluding ortho intramolecular Hbond substituents is 1. The molecule has 5 heteroatoms. The summed E-state index contributed by atoms with van der Waals surface area (Å²) in [5, 5.41) is 19.6. The molecule has 1 heterocycles. The van der Waals surface area contributed by atoms with Crippen molar-refractivity contribution in [1.82, 2.24) is 4.90 Å². The van der Waals surface area contributed by atoms with Crippen LogP contribution in [-0.2, 0) is 13.0 Å². The fourth-order valence-corrected chi connectivity index (χ4v) is 2.26. The maximum Gasteiger partial charge on any atom is 0.336 e. The van der Waals surface area contributed by atoms with Crippen LogP contribution in [0.3, 0.4) is 0 Å². The number of likely N-dealkylation sites (N-methyl/N-ethyl adjacent to an activating group) is 1. The first kappa shape index (κ1) is 14.6. The summed E-state index contributed by atoms with van der Waals surface area (Å²) in [6, 6.07) is 4.81. The van der Waals surface area contributed by atoms with Crippen LogP contribution in [0.1, 0.15) is 18.1 Å². The highest BCUT2D eigenvalue weighted by Gasteiger charge is 2.11. The average molecular weight is 277 g/mol. The second kappa shape index (κ2) is 6.07. The quantitative estimate of drug-likeness (QED) is 0.810. The van der Waals surface area contributed by atoms with Gasteiger partial charge >= 0.3 is 5.63 Å². The molecule has 0 atom stereocenters. The van der Waals surface area contributed by atoms with Crippen molar-refractivity contribution >= 4 is 11.0 Å². The lowest BCUT2D eigenvalue weighted by atomic mass is 10.0. The van der Waals surface area contributed by atoms with Crippen molar-refractivity contribution in [1.29, 1.82) is 0 Å². The summed E-state index contributed by atoms with van der Waals surface area (Å²) >= 11 is 0. The van der Waals surface area contributed by atoms with E-state index in [1.165, 1.54) is 12.1 Å². The molecule has 1 aromatic carbocycles. The number of aryl methyl sites for hydroxylation is 1. The Bertz CT molecular complexity index is 663. The van der Waals surface area contributed by atoms with Crippen LogP contribution in [0.15, 0.2) is 27.4 Å². The smallest absolute Gasteiger partial charge is 0.336 e. The minimum Gasteiger partial charge on any atom is -0.508 e. The normalized spacial score (nSPS) is 11.4. The third kappa shape index (κ3) is 3.00. The zero-order valence-electron chi connectivity index (χ0n) is 11.7. The van der Waals surface area contributed by atoms with E-state index in [1.807, 2.05) is 24.9 Å². The van der Waals surface area contributed by atoms with Crippen molar-refractivity contribution in [2.75, 3.05) is 20.2 Å². The highest BCUT2D eigenvalue weighted by molar-refractivity contribution is 5.82. The first-order valence-electron chi connectivity index (χ1n) is 6.63. The van der Waals surface area contributed by atoms with Crippen molar-refractivity contribution in [3.8, 4) is 5.75 Å². The fraction of sp³-hybridized carbons (Fsp3) is 0.400. The number of aliphatic hydroxyl groups is 1. The average Bonchev–Trinajstić information content (AvgIpc) is 2.38. The maximum atomic E-state index is 11.6. The Labute approximate surface area is 117 Å². The van der Waals surface area contributed by atoms with E-state index in [0.717, 1.165) is 16.5 Å². The van der Waals surface area contributed by atoms with Gasteiger partial charge in [0.15, 0.2) is 0 Å². The predicted octanol–water partition coefficient (Wildman–Crippen LogP) is 1.49. The third-order valence-electron chi connectivity index (χ3n) is 3.33. The molecule has 0 aliphatic rings. The fourth-order valence-electron chi connectivity index (χ4n) is 2.26. The van der Waals surface area contributed by atoms with Crippen LogP contribution in [0.5, 0.6) is 5.75 Å². The largest absolute Gasteiger partial charge is 0.508 e. The van der Waals surface area contributed by atoms with Gasteiger partial charge in [-0.1, -0.05) is 6.92 Å². The summed E-state index contributed by atoms with van der Waals surface area (Å²) in [6.07, 6.45) is 0.701. The van der Waals surface area contributed by atoms with Crippen molar-refractivity contribution in [3.05, 3.63) is 39.7 Å². The molecule has 5 nitrogen and oxygen atoms in total. The molecule has 2 aromatic rings. The molecule has 1 aromatic heterocycles. The van der Waals surface area contributed by atoms with E-state index >= 15 is 0 Å². The van der Waals surface area contributed by atoms with E-state index in [2.05, 4.69) is 0 Å². The summed E-state index contributed by atoms with van der Waals surface area (Å²) in [7, 11) is 1.87. The molecule has 2 N–H and O–H groups in total. The van der Waals surface area contributed by atoms with E-state index in [1.54, 1.807) is 0 Å². The van der Waals surface area contributed by atoms with Gasteiger partial charge in [-0.05, 0) is 30.7 Å². The molecule has 0 spiro atoms. The van der Waals surface area contributed by atoms with Crippen molar-refractivity contribution < 1.29 is 14.6 Å². The molecule has 0 aliphatic carbocycles. The van der Waals surface area contributed by atoms with Crippen LogP contribution in [-0.4, -0.2) is 35.3 Å². The van der Waals surface area contributed by atoms with Gasteiger partial charge in [-0.25, -0.2) is 4.79 Å². The minimum absolute atomic E-state index is 0.0663. The molecule has 0 fully saturated rings. The van der Waals surface area contributed by atoms with E-state index in [4.69, 9.17) is 9.52 Å². The van der Waals surface area contributed by atoms with Crippen LogP contribution in [0.2, 0.25) is 0 Å². The second-order valence-electron chi connectivity index (χ2n) is 4.88. The minimum atomic E-state index is -0.437. The topological polar surface area (TPSA) is 73.9 Å². The van der Waals surface area contributed by atoms with Crippen molar-refractivity contribution in [2.24, 2.45) is 0 Å². The first-order valence-corrected chi connectivity index (χ1v) is 6.63. The van der Waals surface area contributed by atoms with Crippen LogP contribution in [0, 0.1) is 0 Å². The Morgan fingerprint density at radius 2 is 2.00 bits per heavy atom. The number of nitrogens with zero attached hydrogens (tertiary/aromatic N) is 1. The highest BCUT2D eigenvalue weighted by Crippen LogP contribution is 2.27. The van der Waals surface area contributed by atoms with Crippen molar-refractivity contribution in [2.45, 2.75) is 19.9 Å². The lowest BCUT2D eigenvalue weighted by Gasteiger charge is -2.16. The molecular weight excluding hydrogens is 258 g/mol. The zero-order chi connectivity index (χ0) is 14.7. The van der Waals surface area contributed by atoms with Gasteiger partial charge in [0.1, 0.15) is 11.3 Å². The summed E-state index contributed by atoms with van der Waals surface area (Å²) in [4.78, 5) is 13.5. The lowest BCUT2D eigenvalue weighted by Crippen LogP contribution is -2.22. The zero-order valence-corrected chi connectivity index (χ0v) is 11.7. The van der Waals surface area contributed by atoms with E-state index in [-0.39, 0.29) is 12.4 Å². The molecule has 0 bridgehead atoms. The first-order chi connectivity index (χ1) is 9.55. The van der Waals surface area contributed by atoms with E-state index < -0.39 is 5.63 Å². The Hall–Kier alpha value is -1.85. The lowest BCUT2D eigenvalue weighted by molar-refractivity contribution is 0.217. The van der Waals surface area contributed by atoms with Gasteiger partial charge in [0.25, 0.3) is 0 Å². The molecule has 0 unspecified atom stereocenters. The molecule has 0 aliphatic heterocycles. The molecule has 0 saturated heterocycles. The molecule has 0 radical (unpaired) electrons. The Morgan fingerprint density at radius 3 is 2.65 bits per heavy atom. The van der Waals surface area contributed by atoms with Gasteiger partial charge in [-0.2, -0.15) is 0 Å². The van der Waals surface area contributed by atoms with Gasteiger partial charge in [-0.15, -0.1) is 0 Å². The molecule has 2 rings (SSSR count). The Kier molecular flexibility index (Phi) is 4.42. The van der Waals surface area contributed by atoms with E-state index in [9.17, 15) is 9.90 Å². The van der Waals surface area contributed by atoms with Gasteiger partial charge in [0.2, 0.25) is 0 Å². The van der Waals surface area contributed by atoms with Gasteiger partial charge in [-0.3, -0.25) is 4.90 Å². The molecule has 108 valence electrons. The monoisotopic (exact) mass is 277 g/mol. The Balaban J connectivity index is 2.54. The SMILES string of the molecule is CCc1cc2c(CN(C)CCO)cc(=O)oc2cc1O. The molecular formula is C15H19NO4. The maximum absolute atomic E-state index is 11.6. The predicted molar refractivity (Wildman–Crippen MR) is 76.9 cm³/mol. The molecule has 0 saturated carbocycles. The standard InChI is InChI=1S/C15H19NO4/c1-3-10-6-12-11(9-16(2)4-5-17)7-15(19)20-14(12)8-13(10)18/h6-8,17-18H,3-5,9H2,1-2H3. The van der Waals surface area contributed by atoms with Crippen LogP contribution in [0.4, 0.5) is 0 Å². The summed E-state index contributed by atoms with van der Waals surface area (Å²) in [5.41, 5.74) is 1.60.